The van der Waals surface area contributed by atoms with Crippen molar-refractivity contribution in [3.8, 4) is 0 Å². The summed E-state index contributed by atoms with van der Waals surface area (Å²) in [6, 6.07) is 9.87. The van der Waals surface area contributed by atoms with Crippen LogP contribution in [0.3, 0.4) is 0 Å². The second-order valence-corrected chi connectivity index (χ2v) is 6.15. The maximum atomic E-state index is 11.1. The summed E-state index contributed by atoms with van der Waals surface area (Å²) in [6.45, 7) is 3.64. The molecule has 1 atom stereocenters. The summed E-state index contributed by atoms with van der Waals surface area (Å²) in [7, 11) is 0. The zero-order chi connectivity index (χ0) is 11.8. The van der Waals surface area contributed by atoms with Crippen LogP contribution in [0.4, 0.5) is 0 Å². The first-order chi connectivity index (χ1) is 7.74. The topological polar surface area (TPSA) is 37.3 Å². The normalized spacial score (nSPS) is 12.0. The third-order valence-electron chi connectivity index (χ3n) is 2.17. The summed E-state index contributed by atoms with van der Waals surface area (Å²) >= 11 is 0.0221. The molecule has 1 aromatic rings. The van der Waals surface area contributed by atoms with Gasteiger partial charge in [-0.1, -0.05) is 0 Å². The van der Waals surface area contributed by atoms with Gasteiger partial charge in [-0.2, -0.15) is 0 Å². The monoisotopic (exact) mass is 284 g/mol. The van der Waals surface area contributed by atoms with Crippen molar-refractivity contribution < 1.29 is 9.90 Å². The Morgan fingerprint density at radius 2 is 2.12 bits per heavy atom. The van der Waals surface area contributed by atoms with Crippen molar-refractivity contribution in [2.75, 3.05) is 0 Å². The van der Waals surface area contributed by atoms with Crippen molar-refractivity contribution in [2.24, 2.45) is 0 Å². The van der Waals surface area contributed by atoms with Gasteiger partial charge in [0, 0.05) is 0 Å². The average molecular weight is 283 g/mol. The molecule has 0 unspecified atom stereocenters. The number of benzene rings is 1. The second kappa shape index (κ2) is 7.26. The molecule has 2 nitrogen and oxygen atoms in total. The Hall–Kier alpha value is -1.05. The van der Waals surface area contributed by atoms with Gasteiger partial charge in [0.25, 0.3) is 0 Å². The summed E-state index contributed by atoms with van der Waals surface area (Å²) in [4.78, 5) is 10.9. The zero-order valence-electron chi connectivity index (χ0n) is 9.13. The molecule has 0 radical (unpaired) electrons. The van der Waals surface area contributed by atoms with E-state index < -0.39 is 5.97 Å². The summed E-state index contributed by atoms with van der Waals surface area (Å²) in [5.41, 5.74) is 0. The van der Waals surface area contributed by atoms with Crippen LogP contribution in [0.2, 0.25) is 4.82 Å². The van der Waals surface area contributed by atoms with Gasteiger partial charge < -0.3 is 0 Å². The number of allylic oxidation sites excluding steroid dienone is 1. The fourth-order valence-electron chi connectivity index (χ4n) is 1.34. The summed E-state index contributed by atoms with van der Waals surface area (Å²) in [6.07, 6.45) is 4.40. The van der Waals surface area contributed by atoms with Gasteiger partial charge in [-0.05, 0) is 0 Å². The van der Waals surface area contributed by atoms with Crippen molar-refractivity contribution in [1.29, 1.82) is 0 Å². The fourth-order valence-corrected chi connectivity index (χ4v) is 3.50. The molecule has 0 saturated heterocycles. The van der Waals surface area contributed by atoms with Crippen LogP contribution >= 0.6 is 0 Å². The van der Waals surface area contributed by atoms with Crippen LogP contribution in [0, 0.1) is 0 Å². The van der Waals surface area contributed by atoms with Crippen molar-refractivity contribution in [3.63, 3.8) is 0 Å². The van der Waals surface area contributed by atoms with Gasteiger partial charge in [0.05, 0.1) is 0 Å². The third kappa shape index (κ3) is 4.65. The first kappa shape index (κ1) is 13.0. The van der Waals surface area contributed by atoms with E-state index in [1.807, 2.05) is 36.4 Å². The number of rotatable bonds is 7. The molecule has 1 aromatic carbocycles. The van der Waals surface area contributed by atoms with Crippen LogP contribution in [0.1, 0.15) is 19.3 Å². The number of carboxylic acid groups (broad SMARTS) is 1. The maximum absolute atomic E-state index is 11.1. The Balaban J connectivity index is 2.51. The Morgan fingerprint density at radius 3 is 2.69 bits per heavy atom. The van der Waals surface area contributed by atoms with Gasteiger partial charge in [0.2, 0.25) is 0 Å². The van der Waals surface area contributed by atoms with Crippen LogP contribution in [0.5, 0.6) is 0 Å². The molecule has 16 heavy (non-hydrogen) atoms. The van der Waals surface area contributed by atoms with Crippen LogP contribution in [-0.4, -0.2) is 26.0 Å². The van der Waals surface area contributed by atoms with E-state index >= 15 is 0 Å². The van der Waals surface area contributed by atoms with Crippen molar-refractivity contribution in [1.82, 2.24) is 0 Å². The summed E-state index contributed by atoms with van der Waals surface area (Å²) in [5.74, 6) is -0.673. The molecule has 0 aromatic heterocycles. The van der Waals surface area contributed by atoms with Gasteiger partial charge in [-0.3, -0.25) is 0 Å². The minimum atomic E-state index is -0.673. The predicted molar refractivity (Wildman–Crippen MR) is 67.3 cm³/mol. The van der Waals surface area contributed by atoms with Gasteiger partial charge >= 0.3 is 102 Å². The predicted octanol–water partition coefficient (Wildman–Crippen LogP) is 2.25. The number of unbranched alkanes of at least 4 members (excludes halogenated alkanes) is 1. The van der Waals surface area contributed by atoms with Crippen molar-refractivity contribution in [3.05, 3.63) is 43.0 Å². The van der Waals surface area contributed by atoms with E-state index in [1.165, 1.54) is 0 Å². The van der Waals surface area contributed by atoms with Gasteiger partial charge in [-0.25, -0.2) is 0 Å². The van der Waals surface area contributed by atoms with E-state index in [4.69, 9.17) is 5.11 Å². The number of carbonyl (C=O) groups is 1. The molecule has 0 bridgehead atoms. The fraction of sp³-hybridized carbons (Fsp3) is 0.308. The van der Waals surface area contributed by atoms with Crippen LogP contribution < -0.4 is 4.46 Å². The molecule has 0 aliphatic heterocycles. The molecular formula is C13H16O2Se. The minimum absolute atomic E-state index is 0.0221. The third-order valence-corrected chi connectivity index (χ3v) is 4.83. The van der Waals surface area contributed by atoms with Crippen LogP contribution in [0.15, 0.2) is 43.0 Å². The van der Waals surface area contributed by atoms with Crippen LogP contribution in [0.25, 0.3) is 0 Å². The molecule has 0 saturated carbocycles. The van der Waals surface area contributed by atoms with Crippen molar-refractivity contribution >= 4 is 25.4 Å². The molecule has 0 aliphatic carbocycles. The van der Waals surface area contributed by atoms with Crippen LogP contribution in [-0.2, 0) is 4.79 Å². The SMILES string of the molecule is C=CCCC[C@@H]([Se]c1ccccc1)C(=O)O. The Labute approximate surface area is 103 Å². The number of aliphatic carboxylic acids is 1. The first-order valence-corrected chi connectivity index (χ1v) is 7.14. The van der Waals surface area contributed by atoms with E-state index in [-0.39, 0.29) is 19.8 Å². The molecule has 0 spiro atoms. The number of carboxylic acids is 1. The average Bonchev–Trinajstić information content (AvgIpc) is 2.29. The summed E-state index contributed by atoms with van der Waals surface area (Å²) in [5, 5.41) is 9.12. The van der Waals surface area contributed by atoms with E-state index in [2.05, 4.69) is 6.58 Å². The molecule has 0 fully saturated rings. The number of hydrogen-bond donors (Lipinski definition) is 1. The standard InChI is InChI=1S/C13H16O2Se/c1-2-3-5-10-12(13(14)15)16-11-8-6-4-7-9-11/h2,4,6-9,12H,1,3,5,10H2,(H,14,15)/t12-/m1/s1. The zero-order valence-corrected chi connectivity index (χ0v) is 10.8. The van der Waals surface area contributed by atoms with E-state index in [9.17, 15) is 4.79 Å². The van der Waals surface area contributed by atoms with E-state index in [0.29, 0.717) is 0 Å². The molecule has 0 amide bonds. The molecule has 86 valence electrons. The molecule has 0 heterocycles. The Bertz CT molecular complexity index is 335. The molecule has 1 rings (SSSR count). The van der Waals surface area contributed by atoms with Gasteiger partial charge in [0.15, 0.2) is 0 Å². The number of hydrogen-bond acceptors (Lipinski definition) is 1. The first-order valence-electron chi connectivity index (χ1n) is 5.29. The molecule has 0 aliphatic rings. The van der Waals surface area contributed by atoms with E-state index in [0.717, 1.165) is 23.7 Å². The second-order valence-electron chi connectivity index (χ2n) is 3.48. The Kier molecular flexibility index (Phi) is 5.91. The summed E-state index contributed by atoms with van der Waals surface area (Å²) < 4.78 is 1.15. The van der Waals surface area contributed by atoms with E-state index in [1.54, 1.807) is 0 Å². The molecule has 3 heteroatoms. The quantitative estimate of drug-likeness (QED) is 0.473. The van der Waals surface area contributed by atoms with Gasteiger partial charge in [0.1, 0.15) is 0 Å². The molecule has 1 N–H and O–H groups in total. The Morgan fingerprint density at radius 1 is 1.44 bits per heavy atom. The van der Waals surface area contributed by atoms with Gasteiger partial charge in [-0.15, -0.1) is 0 Å². The van der Waals surface area contributed by atoms with Crippen molar-refractivity contribution in [2.45, 2.75) is 24.1 Å². The molecular weight excluding hydrogens is 267 g/mol.